The van der Waals surface area contributed by atoms with Gasteiger partial charge in [0.2, 0.25) is 0 Å². The molecule has 3 aliphatic rings. The van der Waals surface area contributed by atoms with Gasteiger partial charge >= 0.3 is 0 Å². The van der Waals surface area contributed by atoms with Gasteiger partial charge in [0.05, 0.1) is 0 Å². The summed E-state index contributed by atoms with van der Waals surface area (Å²) in [7, 11) is 1.55. The van der Waals surface area contributed by atoms with E-state index in [2.05, 4.69) is 0 Å². The zero-order valence-corrected chi connectivity index (χ0v) is 9.69. The van der Waals surface area contributed by atoms with E-state index in [9.17, 15) is 4.79 Å². The van der Waals surface area contributed by atoms with Gasteiger partial charge in [-0.15, -0.1) is 0 Å². The highest BCUT2D eigenvalue weighted by atomic mass is 16.8. The molecule has 2 aliphatic heterocycles. The van der Waals surface area contributed by atoms with Crippen molar-refractivity contribution in [3.8, 4) is 0 Å². The molecule has 4 atom stereocenters. The second-order valence-corrected chi connectivity index (χ2v) is 5.06. The lowest BCUT2D eigenvalue weighted by Crippen LogP contribution is -2.56. The molecular weight excluding hydrogens is 212 g/mol. The van der Waals surface area contributed by atoms with Crippen LogP contribution in [0.5, 0.6) is 0 Å². The van der Waals surface area contributed by atoms with E-state index < -0.39 is 17.7 Å². The molecule has 5 nitrogen and oxygen atoms in total. The van der Waals surface area contributed by atoms with Crippen LogP contribution in [0.2, 0.25) is 0 Å². The fraction of sp³-hybridized carbons (Fsp3) is 0.909. The van der Waals surface area contributed by atoms with Crippen LogP contribution in [-0.2, 0) is 23.7 Å². The first kappa shape index (κ1) is 10.7. The number of ether oxygens (including phenoxy) is 4. The minimum Gasteiger partial charge on any atom is -0.353 e. The van der Waals surface area contributed by atoms with Gasteiger partial charge in [0.25, 0.3) is 0 Å². The number of carbonyl (C=O) groups excluding carboxylic acids is 1. The number of hydrogen-bond donors (Lipinski definition) is 0. The van der Waals surface area contributed by atoms with Crippen LogP contribution in [-0.4, -0.2) is 42.8 Å². The first-order valence-corrected chi connectivity index (χ1v) is 5.58. The van der Waals surface area contributed by atoms with Gasteiger partial charge in [-0.25, -0.2) is 0 Å². The first-order chi connectivity index (χ1) is 7.48. The molecule has 5 heteroatoms. The van der Waals surface area contributed by atoms with Gasteiger partial charge in [0, 0.05) is 13.5 Å². The molecule has 0 N–H and O–H groups in total. The highest BCUT2D eigenvalue weighted by Crippen LogP contribution is 2.51. The van der Waals surface area contributed by atoms with E-state index in [1.54, 1.807) is 7.11 Å². The molecule has 0 aromatic heterocycles. The number of carbonyl (C=O) groups is 1. The monoisotopic (exact) mass is 228 g/mol. The molecule has 3 rings (SSSR count). The summed E-state index contributed by atoms with van der Waals surface area (Å²) in [6.07, 6.45) is 0.129. The van der Waals surface area contributed by atoms with Gasteiger partial charge in [-0.3, -0.25) is 4.79 Å². The summed E-state index contributed by atoms with van der Waals surface area (Å²) >= 11 is 0. The summed E-state index contributed by atoms with van der Waals surface area (Å²) in [5, 5.41) is 0. The van der Waals surface area contributed by atoms with E-state index in [1.165, 1.54) is 0 Å². The van der Waals surface area contributed by atoms with Gasteiger partial charge in [-0.1, -0.05) is 0 Å². The second kappa shape index (κ2) is 3.04. The van der Waals surface area contributed by atoms with Crippen molar-refractivity contribution >= 4 is 5.78 Å². The Bertz CT molecular complexity index is 339. The van der Waals surface area contributed by atoms with Crippen LogP contribution in [0.4, 0.5) is 0 Å². The molecule has 3 fully saturated rings. The molecule has 0 bridgehead atoms. The maximum Gasteiger partial charge on any atom is 0.187 e. The number of hydrogen-bond acceptors (Lipinski definition) is 5. The fourth-order valence-electron chi connectivity index (χ4n) is 2.77. The van der Waals surface area contributed by atoms with E-state index in [1.807, 2.05) is 13.8 Å². The van der Waals surface area contributed by atoms with Gasteiger partial charge in [0.1, 0.15) is 12.2 Å². The third-order valence-electron chi connectivity index (χ3n) is 3.61. The smallest absolute Gasteiger partial charge is 0.187 e. The summed E-state index contributed by atoms with van der Waals surface area (Å²) in [6.45, 7) is 3.68. The Morgan fingerprint density at radius 1 is 1.31 bits per heavy atom. The van der Waals surface area contributed by atoms with Crippen LogP contribution in [0.3, 0.4) is 0 Å². The lowest BCUT2D eigenvalue weighted by Gasteiger charge is -2.39. The number of methoxy groups -OCH3 is 1. The molecule has 0 amide bonds. The van der Waals surface area contributed by atoms with Crippen LogP contribution < -0.4 is 0 Å². The quantitative estimate of drug-likeness (QED) is 0.658. The number of rotatable bonds is 1. The minimum absolute atomic E-state index is 0.100. The molecule has 90 valence electrons. The van der Waals surface area contributed by atoms with Crippen molar-refractivity contribution in [1.82, 2.24) is 0 Å². The van der Waals surface area contributed by atoms with Crippen molar-refractivity contribution in [2.24, 2.45) is 0 Å². The van der Waals surface area contributed by atoms with E-state index in [-0.39, 0.29) is 18.0 Å². The molecule has 1 spiro atoms. The Labute approximate surface area is 94.0 Å². The Kier molecular flexibility index (Phi) is 2.02. The molecule has 1 aliphatic carbocycles. The summed E-state index contributed by atoms with van der Waals surface area (Å²) < 4.78 is 22.4. The molecule has 2 saturated heterocycles. The lowest BCUT2D eigenvalue weighted by atomic mass is 9.74. The third-order valence-corrected chi connectivity index (χ3v) is 3.61. The van der Waals surface area contributed by atoms with Crippen LogP contribution in [0.15, 0.2) is 0 Å². The van der Waals surface area contributed by atoms with Crippen molar-refractivity contribution in [1.29, 1.82) is 0 Å². The standard InChI is InChI=1S/C11H16O5/c1-10(2)14-7-8(15-10)11(5-4-6(11)12)16-9(7)13-3/h7-9H,4-5H2,1-3H3/t7?,8?,9?,11-/m1/s1. The SMILES string of the molecule is COC1O[C@@]2(CCC2=O)C2OC(C)(C)OC12. The lowest BCUT2D eigenvalue weighted by molar-refractivity contribution is -0.254. The van der Waals surface area contributed by atoms with E-state index in [4.69, 9.17) is 18.9 Å². The van der Waals surface area contributed by atoms with E-state index >= 15 is 0 Å². The average Bonchev–Trinajstić information content (AvgIpc) is 2.68. The molecule has 2 heterocycles. The highest BCUT2D eigenvalue weighted by Gasteiger charge is 2.69. The number of fused-ring (bicyclic) bond motifs is 2. The molecule has 3 unspecified atom stereocenters. The maximum atomic E-state index is 11.8. The zero-order valence-electron chi connectivity index (χ0n) is 9.69. The Morgan fingerprint density at radius 3 is 2.56 bits per heavy atom. The summed E-state index contributed by atoms with van der Waals surface area (Å²) in [6, 6.07) is 0. The average molecular weight is 228 g/mol. The Morgan fingerprint density at radius 2 is 2.06 bits per heavy atom. The summed E-state index contributed by atoms with van der Waals surface area (Å²) in [5.41, 5.74) is -0.806. The van der Waals surface area contributed by atoms with Gasteiger partial charge < -0.3 is 18.9 Å². The Balaban J connectivity index is 1.92. The Hall–Kier alpha value is -0.490. The van der Waals surface area contributed by atoms with Gasteiger partial charge in [-0.05, 0) is 20.3 Å². The number of ketones is 1. The summed E-state index contributed by atoms with van der Waals surface area (Å²) in [4.78, 5) is 11.8. The third kappa shape index (κ3) is 1.17. The van der Waals surface area contributed by atoms with Crippen molar-refractivity contribution in [2.45, 2.75) is 56.6 Å². The normalized spacial score (nSPS) is 49.4. The van der Waals surface area contributed by atoms with Crippen LogP contribution in [0, 0.1) is 0 Å². The molecule has 0 aromatic carbocycles. The molecule has 0 aromatic rings. The van der Waals surface area contributed by atoms with Crippen molar-refractivity contribution in [3.63, 3.8) is 0 Å². The number of Topliss-reactive ketones (excluding diaryl/α,β-unsaturated/α-hetero) is 1. The molecular formula is C11H16O5. The second-order valence-electron chi connectivity index (χ2n) is 5.06. The van der Waals surface area contributed by atoms with Crippen LogP contribution in [0.25, 0.3) is 0 Å². The van der Waals surface area contributed by atoms with Crippen LogP contribution in [0.1, 0.15) is 26.7 Å². The first-order valence-electron chi connectivity index (χ1n) is 5.58. The highest BCUT2D eigenvalue weighted by molar-refractivity contribution is 5.94. The van der Waals surface area contributed by atoms with Crippen molar-refractivity contribution < 1.29 is 23.7 Å². The maximum absolute atomic E-state index is 11.8. The van der Waals surface area contributed by atoms with E-state index in [0.717, 1.165) is 0 Å². The molecule has 1 saturated carbocycles. The predicted molar refractivity (Wildman–Crippen MR) is 52.7 cm³/mol. The van der Waals surface area contributed by atoms with Gasteiger partial charge in [-0.2, -0.15) is 0 Å². The topological polar surface area (TPSA) is 54.0 Å². The molecule has 16 heavy (non-hydrogen) atoms. The largest absolute Gasteiger partial charge is 0.353 e. The predicted octanol–water partition coefficient (Wildman–Crippen LogP) is 0.611. The van der Waals surface area contributed by atoms with Crippen molar-refractivity contribution in [3.05, 3.63) is 0 Å². The zero-order chi connectivity index (χ0) is 11.6. The van der Waals surface area contributed by atoms with Gasteiger partial charge in [0.15, 0.2) is 23.5 Å². The van der Waals surface area contributed by atoms with Crippen LogP contribution >= 0.6 is 0 Å². The fourth-order valence-corrected chi connectivity index (χ4v) is 2.77. The summed E-state index contributed by atoms with van der Waals surface area (Å²) in [5.74, 6) is -0.568. The van der Waals surface area contributed by atoms with E-state index in [0.29, 0.717) is 12.8 Å². The minimum atomic E-state index is -0.806. The molecule has 0 radical (unpaired) electrons. The van der Waals surface area contributed by atoms with Crippen molar-refractivity contribution in [2.75, 3.05) is 7.11 Å².